The Kier molecular flexibility index (Phi) is 4.06. The number of carbonyl (C=O) groups is 1. The summed E-state index contributed by atoms with van der Waals surface area (Å²) in [6, 6.07) is 14.5. The maximum Gasteiger partial charge on any atom is 0.269 e. The maximum atomic E-state index is 12.3. The van der Waals surface area contributed by atoms with Gasteiger partial charge in [-0.15, -0.1) is 0 Å². The lowest BCUT2D eigenvalue weighted by Gasteiger charge is -2.06. The van der Waals surface area contributed by atoms with Crippen molar-refractivity contribution < 1.29 is 9.72 Å². The Morgan fingerprint density at radius 3 is 2.48 bits per heavy atom. The number of hydrogen-bond acceptors (Lipinski definition) is 5. The van der Waals surface area contributed by atoms with Crippen LogP contribution in [0.2, 0.25) is 0 Å². The van der Waals surface area contributed by atoms with Crippen molar-refractivity contribution in [1.29, 1.82) is 0 Å². The molecule has 8 heteroatoms. The molecular formula is C19H13N5O3. The Bertz CT molecular complexity index is 1100. The predicted molar refractivity (Wildman–Crippen MR) is 99.5 cm³/mol. The normalized spacial score (nSPS) is 10.7. The van der Waals surface area contributed by atoms with E-state index in [1.807, 2.05) is 35.0 Å². The zero-order chi connectivity index (χ0) is 18.8. The van der Waals surface area contributed by atoms with E-state index in [9.17, 15) is 14.9 Å². The molecular weight excluding hydrogens is 346 g/mol. The third kappa shape index (κ3) is 3.36. The minimum atomic E-state index is -0.505. The first-order valence-corrected chi connectivity index (χ1v) is 8.06. The fourth-order valence-electron chi connectivity index (χ4n) is 2.63. The van der Waals surface area contributed by atoms with Crippen molar-refractivity contribution in [3.8, 4) is 11.3 Å². The molecule has 0 spiro atoms. The van der Waals surface area contributed by atoms with E-state index in [1.54, 1.807) is 18.3 Å². The number of hydrogen-bond donors (Lipinski definition) is 1. The molecule has 8 nitrogen and oxygen atoms in total. The first-order chi connectivity index (χ1) is 13.1. The monoisotopic (exact) mass is 359 g/mol. The molecule has 0 aliphatic rings. The van der Waals surface area contributed by atoms with Crippen LogP contribution in [0.15, 0.2) is 73.2 Å². The Hall–Kier alpha value is -4.07. The molecule has 2 heterocycles. The van der Waals surface area contributed by atoms with Crippen molar-refractivity contribution >= 4 is 23.1 Å². The predicted octanol–water partition coefficient (Wildman–Crippen LogP) is 3.56. The zero-order valence-corrected chi connectivity index (χ0v) is 13.9. The van der Waals surface area contributed by atoms with Gasteiger partial charge < -0.3 is 5.32 Å². The van der Waals surface area contributed by atoms with E-state index in [0.717, 1.165) is 11.3 Å². The van der Waals surface area contributed by atoms with Crippen LogP contribution < -0.4 is 5.32 Å². The van der Waals surface area contributed by atoms with Crippen LogP contribution in [0.3, 0.4) is 0 Å². The second-order valence-electron chi connectivity index (χ2n) is 5.79. The summed E-state index contributed by atoms with van der Waals surface area (Å²) >= 11 is 0. The number of non-ortho nitro benzene ring substituents is 1. The second-order valence-corrected chi connectivity index (χ2v) is 5.79. The third-order valence-corrected chi connectivity index (χ3v) is 4.01. The summed E-state index contributed by atoms with van der Waals surface area (Å²) in [5.74, 6) is 0.276. The highest BCUT2D eigenvalue weighted by atomic mass is 16.6. The molecule has 132 valence electrons. The molecule has 0 aliphatic heterocycles. The average molecular weight is 359 g/mol. The van der Waals surface area contributed by atoms with Gasteiger partial charge in [0.2, 0.25) is 5.78 Å². The van der Waals surface area contributed by atoms with Crippen molar-refractivity contribution in [1.82, 2.24) is 14.4 Å². The molecule has 4 rings (SSSR count). The minimum Gasteiger partial charge on any atom is -0.322 e. The smallest absolute Gasteiger partial charge is 0.269 e. The molecule has 2 aromatic carbocycles. The highest BCUT2D eigenvalue weighted by Gasteiger charge is 2.10. The number of rotatable bonds is 4. The third-order valence-electron chi connectivity index (χ3n) is 4.01. The first-order valence-electron chi connectivity index (χ1n) is 8.06. The van der Waals surface area contributed by atoms with E-state index >= 15 is 0 Å². The van der Waals surface area contributed by atoms with Gasteiger partial charge in [-0.1, -0.05) is 12.1 Å². The molecule has 0 radical (unpaired) electrons. The van der Waals surface area contributed by atoms with Gasteiger partial charge in [-0.3, -0.25) is 19.3 Å². The number of imidazole rings is 1. The highest BCUT2D eigenvalue weighted by molar-refractivity contribution is 6.04. The molecule has 0 saturated carbocycles. The number of nitro groups is 1. The molecule has 0 atom stereocenters. The molecule has 0 unspecified atom stereocenters. The number of nitrogens with one attached hydrogen (secondary N) is 1. The average Bonchev–Trinajstić information content (AvgIpc) is 3.13. The maximum absolute atomic E-state index is 12.3. The number of anilines is 1. The van der Waals surface area contributed by atoms with Crippen molar-refractivity contribution in [2.45, 2.75) is 0 Å². The SMILES string of the molecule is O=C(Nc1ccc(-c2cn3cccnc3n2)cc1)c1ccc([N+](=O)[O-])cc1. The van der Waals surface area contributed by atoms with Gasteiger partial charge in [-0.2, -0.15) is 0 Å². The number of carbonyl (C=O) groups excluding carboxylic acids is 1. The van der Waals surface area contributed by atoms with Crippen LogP contribution >= 0.6 is 0 Å². The molecule has 4 aromatic rings. The lowest BCUT2D eigenvalue weighted by atomic mass is 10.1. The van der Waals surface area contributed by atoms with E-state index < -0.39 is 4.92 Å². The lowest BCUT2D eigenvalue weighted by Crippen LogP contribution is -2.11. The quantitative estimate of drug-likeness (QED) is 0.443. The van der Waals surface area contributed by atoms with Gasteiger partial charge in [-0.05, 0) is 30.3 Å². The molecule has 1 amide bonds. The Labute approximate surface area is 153 Å². The van der Waals surface area contributed by atoms with Crippen molar-refractivity contribution in [2.75, 3.05) is 5.32 Å². The van der Waals surface area contributed by atoms with Crippen LogP contribution in [0.1, 0.15) is 10.4 Å². The van der Waals surface area contributed by atoms with Crippen LogP contribution in [-0.2, 0) is 0 Å². The lowest BCUT2D eigenvalue weighted by molar-refractivity contribution is -0.384. The Morgan fingerprint density at radius 1 is 1.07 bits per heavy atom. The number of aromatic nitrogens is 3. The van der Waals surface area contributed by atoms with E-state index in [4.69, 9.17) is 0 Å². The number of nitrogens with zero attached hydrogens (tertiary/aromatic N) is 4. The van der Waals surface area contributed by atoms with Gasteiger partial charge in [0.1, 0.15) is 0 Å². The van der Waals surface area contributed by atoms with Gasteiger partial charge in [0.15, 0.2) is 0 Å². The van der Waals surface area contributed by atoms with Crippen LogP contribution in [0.4, 0.5) is 11.4 Å². The highest BCUT2D eigenvalue weighted by Crippen LogP contribution is 2.21. The van der Waals surface area contributed by atoms with Crippen molar-refractivity contribution in [3.63, 3.8) is 0 Å². The number of amides is 1. The van der Waals surface area contributed by atoms with Crippen molar-refractivity contribution in [2.24, 2.45) is 0 Å². The van der Waals surface area contributed by atoms with Gasteiger partial charge >= 0.3 is 0 Å². The molecule has 0 bridgehead atoms. The second kappa shape index (κ2) is 6.68. The molecule has 0 saturated heterocycles. The standard InChI is InChI=1S/C19H13N5O3/c25-18(14-4-8-16(9-5-14)24(26)27)21-15-6-2-13(3-7-15)17-12-23-11-1-10-20-19(23)22-17/h1-12H,(H,21,25). The Morgan fingerprint density at radius 2 is 1.81 bits per heavy atom. The largest absolute Gasteiger partial charge is 0.322 e. The van der Waals surface area contributed by atoms with E-state index in [-0.39, 0.29) is 11.6 Å². The van der Waals surface area contributed by atoms with Crippen LogP contribution in [0, 0.1) is 10.1 Å². The summed E-state index contributed by atoms with van der Waals surface area (Å²) in [5.41, 5.74) is 2.58. The summed E-state index contributed by atoms with van der Waals surface area (Å²) in [6.45, 7) is 0. The summed E-state index contributed by atoms with van der Waals surface area (Å²) < 4.78 is 1.83. The molecule has 27 heavy (non-hydrogen) atoms. The van der Waals surface area contributed by atoms with Gasteiger partial charge in [0, 0.05) is 47.5 Å². The molecule has 2 aromatic heterocycles. The van der Waals surface area contributed by atoms with Gasteiger partial charge in [0.25, 0.3) is 11.6 Å². The minimum absolute atomic E-state index is 0.0575. The number of fused-ring (bicyclic) bond motifs is 1. The topological polar surface area (TPSA) is 102 Å². The van der Waals surface area contributed by atoms with Gasteiger partial charge in [-0.25, -0.2) is 9.97 Å². The molecule has 1 N–H and O–H groups in total. The summed E-state index contributed by atoms with van der Waals surface area (Å²) in [7, 11) is 0. The number of benzene rings is 2. The van der Waals surface area contributed by atoms with Crippen LogP contribution in [-0.4, -0.2) is 25.2 Å². The van der Waals surface area contributed by atoms with Crippen LogP contribution in [0.25, 0.3) is 17.0 Å². The van der Waals surface area contributed by atoms with E-state index in [0.29, 0.717) is 17.0 Å². The number of nitro benzene ring substituents is 1. The Balaban J connectivity index is 1.50. The van der Waals surface area contributed by atoms with E-state index in [1.165, 1.54) is 24.3 Å². The first kappa shape index (κ1) is 16.4. The molecule has 0 fully saturated rings. The fourth-order valence-corrected chi connectivity index (χ4v) is 2.63. The van der Waals surface area contributed by atoms with Crippen LogP contribution in [0.5, 0.6) is 0 Å². The molecule has 0 aliphatic carbocycles. The van der Waals surface area contributed by atoms with Gasteiger partial charge in [0.05, 0.1) is 10.6 Å². The van der Waals surface area contributed by atoms with E-state index in [2.05, 4.69) is 15.3 Å². The zero-order valence-electron chi connectivity index (χ0n) is 13.9. The van der Waals surface area contributed by atoms with Crippen molar-refractivity contribution in [3.05, 3.63) is 88.9 Å². The fraction of sp³-hybridized carbons (Fsp3) is 0. The summed E-state index contributed by atoms with van der Waals surface area (Å²) in [4.78, 5) is 31.1. The summed E-state index contributed by atoms with van der Waals surface area (Å²) in [5, 5.41) is 13.4. The summed E-state index contributed by atoms with van der Waals surface area (Å²) in [6.07, 6.45) is 5.44.